The summed E-state index contributed by atoms with van der Waals surface area (Å²) in [6, 6.07) is 0. The Morgan fingerprint density at radius 2 is 0.776 bits per heavy atom. The Balaban J connectivity index is 3.72. The van der Waals surface area contributed by atoms with Crippen molar-refractivity contribution < 1.29 is 24.2 Å². The first-order valence-corrected chi connectivity index (χ1v) is 21.1. The number of aliphatic hydroxyl groups excluding tert-OH is 1. The van der Waals surface area contributed by atoms with Gasteiger partial charge >= 0.3 is 11.9 Å². The van der Waals surface area contributed by atoms with Crippen molar-refractivity contribution in [1.82, 2.24) is 4.90 Å². The fraction of sp³-hybridized carbons (Fsp3) is 0.860. The first-order valence-electron chi connectivity index (χ1n) is 21.1. The van der Waals surface area contributed by atoms with Gasteiger partial charge in [0.2, 0.25) is 0 Å². The van der Waals surface area contributed by atoms with Gasteiger partial charge in [0, 0.05) is 39.1 Å². The molecule has 0 aromatic heterocycles. The van der Waals surface area contributed by atoms with Gasteiger partial charge in [-0.15, -0.1) is 0 Å². The molecule has 49 heavy (non-hydrogen) atoms. The molecule has 0 aromatic rings. The first-order chi connectivity index (χ1) is 24.1. The number of unbranched alkanes of at least 4 members (excludes halogenated alkanes) is 22. The van der Waals surface area contributed by atoms with E-state index in [0.29, 0.717) is 52.1 Å². The molecule has 0 aliphatic carbocycles. The zero-order valence-electron chi connectivity index (χ0n) is 32.6. The van der Waals surface area contributed by atoms with E-state index in [1.807, 2.05) is 0 Å². The van der Waals surface area contributed by atoms with Crippen LogP contribution in [0.15, 0.2) is 24.3 Å². The highest BCUT2D eigenvalue weighted by atomic mass is 16.5. The topological polar surface area (TPSA) is 76.1 Å². The largest absolute Gasteiger partial charge is 0.464 e. The van der Waals surface area contributed by atoms with Crippen molar-refractivity contribution in [3.63, 3.8) is 0 Å². The molecule has 0 heterocycles. The molecule has 0 aromatic carbocycles. The molecule has 0 radical (unpaired) electrons. The molecule has 0 spiro atoms. The van der Waals surface area contributed by atoms with E-state index in [0.717, 1.165) is 25.7 Å². The van der Waals surface area contributed by atoms with Crippen LogP contribution in [-0.2, 0) is 19.1 Å². The number of nitrogens with zero attached hydrogens (tertiary/aromatic N) is 1. The van der Waals surface area contributed by atoms with Crippen LogP contribution < -0.4 is 0 Å². The molecule has 0 saturated heterocycles. The number of carbonyl (C=O) groups excluding carboxylic acids is 2. The maximum atomic E-state index is 12.2. The number of hydrogen-bond donors (Lipinski definition) is 1. The number of rotatable bonds is 39. The third-order valence-electron chi connectivity index (χ3n) is 9.26. The standard InChI is InChI=1S/C43H81NO5/c1-3-5-7-9-11-13-15-17-19-21-23-25-27-29-31-34-42(46)48-40-37-44(36-33-39-45)38-41-49-43(47)35-32-30-28-26-24-22-20-18-16-14-12-10-8-6-4-2/h17-20,45H,3-16,21-41H2,1-2H3/b19-17-,20-18+. The minimum Gasteiger partial charge on any atom is -0.464 e. The lowest BCUT2D eigenvalue weighted by molar-refractivity contribution is -0.144. The molecule has 1 N–H and O–H groups in total. The average molecular weight is 692 g/mol. The third-order valence-corrected chi connectivity index (χ3v) is 9.26. The van der Waals surface area contributed by atoms with Gasteiger partial charge < -0.3 is 14.6 Å². The number of carbonyl (C=O) groups is 2. The van der Waals surface area contributed by atoms with Gasteiger partial charge in [-0.05, 0) is 70.6 Å². The van der Waals surface area contributed by atoms with Crippen LogP contribution in [0.5, 0.6) is 0 Å². The quantitative estimate of drug-likeness (QED) is 0.0393. The molecule has 0 bridgehead atoms. The second-order valence-electron chi connectivity index (χ2n) is 14.0. The van der Waals surface area contributed by atoms with Gasteiger partial charge in [-0.3, -0.25) is 14.5 Å². The van der Waals surface area contributed by atoms with Crippen molar-refractivity contribution in [3.05, 3.63) is 24.3 Å². The van der Waals surface area contributed by atoms with E-state index < -0.39 is 0 Å². The van der Waals surface area contributed by atoms with E-state index in [2.05, 4.69) is 43.1 Å². The van der Waals surface area contributed by atoms with Crippen molar-refractivity contribution in [2.75, 3.05) is 39.5 Å². The van der Waals surface area contributed by atoms with Crippen molar-refractivity contribution >= 4 is 11.9 Å². The number of esters is 2. The Hall–Kier alpha value is -1.66. The van der Waals surface area contributed by atoms with Gasteiger partial charge in [0.15, 0.2) is 0 Å². The van der Waals surface area contributed by atoms with E-state index in [1.165, 1.54) is 141 Å². The molecule has 288 valence electrons. The van der Waals surface area contributed by atoms with Crippen LogP contribution in [0.4, 0.5) is 0 Å². The van der Waals surface area contributed by atoms with E-state index in [1.54, 1.807) is 0 Å². The number of ether oxygens (including phenoxy) is 2. The molecule has 0 amide bonds. The molecule has 0 rings (SSSR count). The van der Waals surface area contributed by atoms with E-state index in [-0.39, 0.29) is 18.5 Å². The van der Waals surface area contributed by atoms with Crippen LogP contribution >= 0.6 is 0 Å². The molecule has 6 heteroatoms. The SMILES string of the molecule is CCCCCCCC/C=C\CCCCCCCC(=O)OCCN(CCCO)CCOC(=O)CCCCCCC/C=C/CCCCCCCC. The van der Waals surface area contributed by atoms with Crippen molar-refractivity contribution in [1.29, 1.82) is 0 Å². The highest BCUT2D eigenvalue weighted by Crippen LogP contribution is 2.12. The summed E-state index contributed by atoms with van der Waals surface area (Å²) < 4.78 is 10.9. The summed E-state index contributed by atoms with van der Waals surface area (Å²) in [5, 5.41) is 9.26. The lowest BCUT2D eigenvalue weighted by Crippen LogP contribution is -2.33. The van der Waals surface area contributed by atoms with Gasteiger partial charge in [-0.2, -0.15) is 0 Å². The maximum absolute atomic E-state index is 12.2. The molecular weight excluding hydrogens is 610 g/mol. The molecule has 0 saturated carbocycles. The minimum absolute atomic E-state index is 0.112. The van der Waals surface area contributed by atoms with Gasteiger partial charge in [0.1, 0.15) is 13.2 Å². The zero-order valence-corrected chi connectivity index (χ0v) is 32.6. The van der Waals surface area contributed by atoms with Crippen LogP contribution in [0.3, 0.4) is 0 Å². The Morgan fingerprint density at radius 3 is 1.12 bits per heavy atom. The predicted molar refractivity (Wildman–Crippen MR) is 209 cm³/mol. The maximum Gasteiger partial charge on any atom is 0.305 e. The lowest BCUT2D eigenvalue weighted by Gasteiger charge is -2.21. The summed E-state index contributed by atoms with van der Waals surface area (Å²) in [6.07, 6.45) is 43.2. The van der Waals surface area contributed by atoms with E-state index >= 15 is 0 Å². The Labute approximate surface area is 304 Å². The Kier molecular flexibility index (Phi) is 39.4. The summed E-state index contributed by atoms with van der Waals surface area (Å²) in [5.74, 6) is -0.266. The second kappa shape index (κ2) is 40.8. The van der Waals surface area contributed by atoms with Crippen molar-refractivity contribution in [2.24, 2.45) is 0 Å². The van der Waals surface area contributed by atoms with Gasteiger partial charge in [0.05, 0.1) is 0 Å². The summed E-state index contributed by atoms with van der Waals surface area (Å²) in [4.78, 5) is 26.5. The van der Waals surface area contributed by atoms with Crippen molar-refractivity contribution in [3.8, 4) is 0 Å². The number of aliphatic hydroxyl groups is 1. The van der Waals surface area contributed by atoms with Gasteiger partial charge in [-0.1, -0.05) is 141 Å². The molecule has 6 nitrogen and oxygen atoms in total. The van der Waals surface area contributed by atoms with E-state index in [9.17, 15) is 14.7 Å². The van der Waals surface area contributed by atoms with Crippen LogP contribution in [-0.4, -0.2) is 61.4 Å². The molecule has 0 atom stereocenters. The molecule has 0 aliphatic heterocycles. The van der Waals surface area contributed by atoms with Crippen LogP contribution in [0, 0.1) is 0 Å². The second-order valence-corrected chi connectivity index (χ2v) is 14.0. The molecular formula is C43H81NO5. The summed E-state index contributed by atoms with van der Waals surface area (Å²) >= 11 is 0. The fourth-order valence-corrected chi connectivity index (χ4v) is 6.03. The van der Waals surface area contributed by atoms with Gasteiger partial charge in [0.25, 0.3) is 0 Å². The number of allylic oxidation sites excluding steroid dienone is 4. The highest BCUT2D eigenvalue weighted by Gasteiger charge is 2.10. The summed E-state index contributed by atoms with van der Waals surface area (Å²) in [6.45, 7) is 7.17. The zero-order chi connectivity index (χ0) is 35.7. The summed E-state index contributed by atoms with van der Waals surface area (Å²) in [5.41, 5.74) is 0. The molecule has 0 fully saturated rings. The fourth-order valence-electron chi connectivity index (χ4n) is 6.03. The molecule has 0 aliphatic rings. The third kappa shape index (κ3) is 39.0. The first kappa shape index (κ1) is 47.3. The minimum atomic E-state index is -0.133. The van der Waals surface area contributed by atoms with Gasteiger partial charge in [-0.25, -0.2) is 0 Å². The van der Waals surface area contributed by atoms with E-state index in [4.69, 9.17) is 9.47 Å². The predicted octanol–water partition coefficient (Wildman–Crippen LogP) is 11.8. The van der Waals surface area contributed by atoms with Crippen LogP contribution in [0.1, 0.15) is 200 Å². The normalized spacial score (nSPS) is 11.8. The Bertz CT molecular complexity index is 695. The summed E-state index contributed by atoms with van der Waals surface area (Å²) in [7, 11) is 0. The van der Waals surface area contributed by atoms with Crippen molar-refractivity contribution in [2.45, 2.75) is 200 Å². The lowest BCUT2D eigenvalue weighted by atomic mass is 10.1. The van der Waals surface area contributed by atoms with Crippen LogP contribution in [0.2, 0.25) is 0 Å². The smallest absolute Gasteiger partial charge is 0.305 e. The number of hydrogen-bond acceptors (Lipinski definition) is 6. The monoisotopic (exact) mass is 692 g/mol. The molecule has 0 unspecified atom stereocenters. The average Bonchev–Trinajstić information content (AvgIpc) is 3.10. The Morgan fingerprint density at radius 1 is 0.449 bits per heavy atom. The highest BCUT2D eigenvalue weighted by molar-refractivity contribution is 5.69. The van der Waals surface area contributed by atoms with Crippen LogP contribution in [0.25, 0.3) is 0 Å².